The zero-order valence-electron chi connectivity index (χ0n) is 11.4. The number of alkyl carbamates (subject to hydrolysis) is 1. The molecule has 0 aromatic rings. The van der Waals surface area contributed by atoms with E-state index >= 15 is 0 Å². The SMILES string of the molecule is C=CC1CC(=O)N(CCNC(=O)OC(C)(C)C)C1. The molecule has 0 aromatic carbocycles. The normalized spacial score (nSPS) is 19.8. The van der Waals surface area contributed by atoms with Crippen molar-refractivity contribution in [3.05, 3.63) is 12.7 Å². The fourth-order valence-corrected chi connectivity index (χ4v) is 1.78. The van der Waals surface area contributed by atoms with Gasteiger partial charge >= 0.3 is 6.09 Å². The quantitative estimate of drug-likeness (QED) is 0.774. The smallest absolute Gasteiger partial charge is 0.407 e. The third kappa shape index (κ3) is 4.77. The molecule has 1 unspecified atom stereocenters. The Morgan fingerprint density at radius 3 is 2.78 bits per heavy atom. The number of hydrogen-bond donors (Lipinski definition) is 1. The minimum atomic E-state index is -0.499. The molecule has 1 rings (SSSR count). The Balaban J connectivity index is 2.24. The summed E-state index contributed by atoms with van der Waals surface area (Å²) < 4.78 is 5.10. The molecular weight excluding hydrogens is 232 g/mol. The molecule has 102 valence electrons. The lowest BCUT2D eigenvalue weighted by molar-refractivity contribution is -0.127. The lowest BCUT2D eigenvalue weighted by atomic mass is 10.1. The molecule has 1 N–H and O–H groups in total. The Morgan fingerprint density at radius 2 is 2.28 bits per heavy atom. The molecule has 0 bridgehead atoms. The molecule has 0 saturated carbocycles. The van der Waals surface area contributed by atoms with Crippen LogP contribution in [0.4, 0.5) is 4.79 Å². The summed E-state index contributed by atoms with van der Waals surface area (Å²) >= 11 is 0. The van der Waals surface area contributed by atoms with E-state index in [1.807, 2.05) is 20.8 Å². The maximum Gasteiger partial charge on any atom is 0.407 e. The second kappa shape index (κ2) is 5.89. The summed E-state index contributed by atoms with van der Waals surface area (Å²) in [5, 5.41) is 2.64. The first kappa shape index (κ1) is 14.5. The molecule has 1 heterocycles. The summed E-state index contributed by atoms with van der Waals surface area (Å²) in [6, 6.07) is 0. The monoisotopic (exact) mass is 254 g/mol. The van der Waals surface area contributed by atoms with E-state index < -0.39 is 11.7 Å². The topological polar surface area (TPSA) is 58.6 Å². The van der Waals surface area contributed by atoms with Crippen molar-refractivity contribution < 1.29 is 14.3 Å². The predicted molar refractivity (Wildman–Crippen MR) is 69.1 cm³/mol. The van der Waals surface area contributed by atoms with E-state index in [1.165, 1.54) is 0 Å². The molecular formula is C13H22N2O3. The van der Waals surface area contributed by atoms with Crippen molar-refractivity contribution in [2.45, 2.75) is 32.8 Å². The summed E-state index contributed by atoms with van der Waals surface area (Å²) in [4.78, 5) is 24.7. The molecule has 0 radical (unpaired) electrons. The number of nitrogens with one attached hydrogen (secondary N) is 1. The summed E-state index contributed by atoms with van der Waals surface area (Å²) in [5.41, 5.74) is -0.499. The summed E-state index contributed by atoms with van der Waals surface area (Å²) in [6.45, 7) is 10.7. The van der Waals surface area contributed by atoms with Gasteiger partial charge in [-0.2, -0.15) is 0 Å². The fraction of sp³-hybridized carbons (Fsp3) is 0.692. The first-order valence-corrected chi connectivity index (χ1v) is 6.19. The van der Waals surface area contributed by atoms with Gasteiger partial charge in [0, 0.05) is 32.0 Å². The van der Waals surface area contributed by atoms with Gasteiger partial charge in [0.05, 0.1) is 0 Å². The van der Waals surface area contributed by atoms with Gasteiger partial charge in [-0.15, -0.1) is 6.58 Å². The Kier molecular flexibility index (Phi) is 4.76. The van der Waals surface area contributed by atoms with Gasteiger partial charge in [-0.3, -0.25) is 4.79 Å². The van der Waals surface area contributed by atoms with Crippen LogP contribution in [0.5, 0.6) is 0 Å². The Bertz CT molecular complexity index is 334. The van der Waals surface area contributed by atoms with Crippen LogP contribution in [0.1, 0.15) is 27.2 Å². The van der Waals surface area contributed by atoms with Gasteiger partial charge in [0.15, 0.2) is 0 Å². The molecule has 1 aliphatic rings. The van der Waals surface area contributed by atoms with E-state index in [1.54, 1.807) is 11.0 Å². The van der Waals surface area contributed by atoms with Crippen LogP contribution in [-0.2, 0) is 9.53 Å². The molecule has 0 aromatic heterocycles. The molecule has 2 amide bonds. The van der Waals surface area contributed by atoms with Crippen molar-refractivity contribution in [3.63, 3.8) is 0 Å². The standard InChI is InChI=1S/C13H22N2O3/c1-5-10-8-11(16)15(9-10)7-6-14-12(17)18-13(2,3)4/h5,10H,1,6-9H2,2-4H3,(H,14,17). The number of carbonyl (C=O) groups is 2. The van der Waals surface area contributed by atoms with E-state index in [2.05, 4.69) is 11.9 Å². The number of ether oxygens (including phenoxy) is 1. The second-order valence-corrected chi connectivity index (χ2v) is 5.47. The summed E-state index contributed by atoms with van der Waals surface area (Å²) in [5.74, 6) is 0.352. The number of carbonyl (C=O) groups excluding carboxylic acids is 2. The average Bonchev–Trinajstić information content (AvgIpc) is 2.57. The van der Waals surface area contributed by atoms with Crippen molar-refractivity contribution in [1.29, 1.82) is 0 Å². The number of hydrogen-bond acceptors (Lipinski definition) is 3. The highest BCUT2D eigenvalue weighted by Gasteiger charge is 2.27. The number of amides is 2. The highest BCUT2D eigenvalue weighted by molar-refractivity contribution is 5.79. The van der Waals surface area contributed by atoms with E-state index in [9.17, 15) is 9.59 Å². The van der Waals surface area contributed by atoms with Gasteiger partial charge in [-0.25, -0.2) is 4.79 Å². The van der Waals surface area contributed by atoms with Crippen LogP contribution < -0.4 is 5.32 Å². The average molecular weight is 254 g/mol. The Labute approximate surface area is 108 Å². The van der Waals surface area contributed by atoms with E-state index in [0.29, 0.717) is 26.1 Å². The van der Waals surface area contributed by atoms with Gasteiger partial charge < -0.3 is 15.0 Å². The van der Waals surface area contributed by atoms with Crippen LogP contribution in [-0.4, -0.2) is 42.1 Å². The first-order valence-electron chi connectivity index (χ1n) is 6.19. The minimum absolute atomic E-state index is 0.117. The predicted octanol–water partition coefficient (Wildman–Crippen LogP) is 1.55. The van der Waals surface area contributed by atoms with Crippen molar-refractivity contribution in [3.8, 4) is 0 Å². The molecule has 1 saturated heterocycles. The summed E-state index contributed by atoms with van der Waals surface area (Å²) in [6.07, 6.45) is 1.88. The lowest BCUT2D eigenvalue weighted by Gasteiger charge is -2.21. The molecule has 1 fully saturated rings. The largest absolute Gasteiger partial charge is 0.444 e. The molecule has 18 heavy (non-hydrogen) atoms. The number of likely N-dealkylation sites (tertiary alicyclic amines) is 1. The van der Waals surface area contributed by atoms with Crippen molar-refractivity contribution >= 4 is 12.0 Å². The van der Waals surface area contributed by atoms with Crippen molar-refractivity contribution in [1.82, 2.24) is 10.2 Å². The number of nitrogens with zero attached hydrogens (tertiary/aromatic N) is 1. The van der Waals surface area contributed by atoms with E-state index in [4.69, 9.17) is 4.74 Å². The molecule has 5 nitrogen and oxygen atoms in total. The lowest BCUT2D eigenvalue weighted by Crippen LogP contribution is -2.38. The molecule has 1 aliphatic heterocycles. The summed E-state index contributed by atoms with van der Waals surface area (Å²) in [7, 11) is 0. The highest BCUT2D eigenvalue weighted by Crippen LogP contribution is 2.17. The van der Waals surface area contributed by atoms with E-state index in [-0.39, 0.29) is 11.8 Å². The highest BCUT2D eigenvalue weighted by atomic mass is 16.6. The zero-order chi connectivity index (χ0) is 13.8. The maximum absolute atomic E-state index is 11.6. The third-order valence-corrected chi connectivity index (χ3v) is 2.63. The third-order valence-electron chi connectivity index (χ3n) is 2.63. The first-order chi connectivity index (χ1) is 8.31. The zero-order valence-corrected chi connectivity index (χ0v) is 11.4. The Morgan fingerprint density at radius 1 is 1.61 bits per heavy atom. The van der Waals surface area contributed by atoms with Gasteiger partial charge in [-0.1, -0.05) is 6.08 Å². The van der Waals surface area contributed by atoms with Crippen LogP contribution in [0.15, 0.2) is 12.7 Å². The van der Waals surface area contributed by atoms with Crippen molar-refractivity contribution in [2.75, 3.05) is 19.6 Å². The van der Waals surface area contributed by atoms with Crippen LogP contribution >= 0.6 is 0 Å². The molecule has 1 atom stereocenters. The van der Waals surface area contributed by atoms with Crippen LogP contribution in [0.3, 0.4) is 0 Å². The van der Waals surface area contributed by atoms with Gasteiger partial charge in [0.2, 0.25) is 5.91 Å². The Hall–Kier alpha value is -1.52. The van der Waals surface area contributed by atoms with Gasteiger partial charge in [0.1, 0.15) is 5.60 Å². The van der Waals surface area contributed by atoms with Crippen molar-refractivity contribution in [2.24, 2.45) is 5.92 Å². The van der Waals surface area contributed by atoms with E-state index in [0.717, 1.165) is 0 Å². The second-order valence-electron chi connectivity index (χ2n) is 5.47. The van der Waals surface area contributed by atoms with Crippen LogP contribution in [0.25, 0.3) is 0 Å². The number of rotatable bonds is 4. The fourth-order valence-electron chi connectivity index (χ4n) is 1.78. The maximum atomic E-state index is 11.6. The van der Waals surface area contributed by atoms with Gasteiger partial charge in [0.25, 0.3) is 0 Å². The van der Waals surface area contributed by atoms with Crippen LogP contribution in [0.2, 0.25) is 0 Å². The van der Waals surface area contributed by atoms with Gasteiger partial charge in [-0.05, 0) is 20.8 Å². The minimum Gasteiger partial charge on any atom is -0.444 e. The van der Waals surface area contributed by atoms with Crippen LogP contribution in [0, 0.1) is 5.92 Å². The molecule has 5 heteroatoms. The molecule has 0 aliphatic carbocycles. The molecule has 0 spiro atoms.